The summed E-state index contributed by atoms with van der Waals surface area (Å²) in [6.07, 6.45) is 1.55. The van der Waals surface area contributed by atoms with E-state index in [0.29, 0.717) is 5.69 Å². The summed E-state index contributed by atoms with van der Waals surface area (Å²) in [6.45, 7) is 3.54. The number of hydrogen-bond acceptors (Lipinski definition) is 5. The Bertz CT molecular complexity index is 554. The van der Waals surface area contributed by atoms with E-state index in [1.165, 1.54) is 18.2 Å². The maximum absolute atomic E-state index is 11.2. The lowest BCUT2D eigenvalue weighted by molar-refractivity contribution is -0.386. The third-order valence-corrected chi connectivity index (χ3v) is 3.20. The zero-order chi connectivity index (χ0) is 15.6. The second-order valence-corrected chi connectivity index (χ2v) is 5.40. The van der Waals surface area contributed by atoms with E-state index in [1.807, 2.05) is 0 Å². The van der Waals surface area contributed by atoms with Gasteiger partial charge in [0, 0.05) is 17.8 Å². The molecule has 21 heavy (non-hydrogen) atoms. The summed E-state index contributed by atoms with van der Waals surface area (Å²) >= 11 is 0. The number of carboxylic acids is 1. The van der Waals surface area contributed by atoms with Crippen LogP contribution in [0.2, 0.25) is 0 Å². The summed E-state index contributed by atoms with van der Waals surface area (Å²) in [5.74, 6) is -0.658. The van der Waals surface area contributed by atoms with Crippen LogP contribution in [0, 0.1) is 16.0 Å². The quantitative estimate of drug-likeness (QED) is 0.592. The van der Waals surface area contributed by atoms with Gasteiger partial charge in [0.2, 0.25) is 0 Å². The highest BCUT2D eigenvalue weighted by atomic mass is 16.6. The number of rotatable bonds is 7. The fraction of sp³-hybridized carbons (Fsp3) is 0.500. The van der Waals surface area contributed by atoms with Gasteiger partial charge in [-0.15, -0.1) is 0 Å². The van der Waals surface area contributed by atoms with Gasteiger partial charge in [0.15, 0.2) is 5.75 Å². The Morgan fingerprint density at radius 2 is 2.14 bits per heavy atom. The number of ether oxygens (including phenoxy) is 1. The predicted molar refractivity (Wildman–Crippen MR) is 76.6 cm³/mol. The molecule has 0 aromatic heterocycles. The van der Waals surface area contributed by atoms with Crippen LogP contribution in [-0.4, -0.2) is 28.1 Å². The first-order chi connectivity index (χ1) is 9.88. The summed E-state index contributed by atoms with van der Waals surface area (Å²) < 4.78 is 5.44. The molecule has 1 aliphatic carbocycles. The Morgan fingerprint density at radius 3 is 2.62 bits per heavy atom. The highest BCUT2D eigenvalue weighted by Gasteiger charge is 2.36. The second-order valence-electron chi connectivity index (χ2n) is 5.40. The molecule has 0 heterocycles. The van der Waals surface area contributed by atoms with Gasteiger partial charge in [0.05, 0.1) is 11.0 Å². The lowest BCUT2D eigenvalue weighted by Gasteiger charge is -2.16. The van der Waals surface area contributed by atoms with E-state index in [-0.39, 0.29) is 23.5 Å². The van der Waals surface area contributed by atoms with Crippen LogP contribution in [-0.2, 0) is 4.79 Å². The minimum Gasteiger partial charge on any atom is -0.484 e. The van der Waals surface area contributed by atoms with Gasteiger partial charge in [-0.3, -0.25) is 10.1 Å². The summed E-state index contributed by atoms with van der Waals surface area (Å²) in [7, 11) is 0. The van der Waals surface area contributed by atoms with E-state index >= 15 is 0 Å². The molecule has 1 aliphatic rings. The molecule has 114 valence electrons. The number of carbonyl (C=O) groups is 1. The minimum absolute atomic E-state index is 0.118. The van der Waals surface area contributed by atoms with Crippen molar-refractivity contribution in [2.45, 2.75) is 38.8 Å². The Morgan fingerprint density at radius 1 is 1.48 bits per heavy atom. The van der Waals surface area contributed by atoms with Crippen molar-refractivity contribution in [2.75, 3.05) is 5.32 Å². The monoisotopic (exact) mass is 294 g/mol. The predicted octanol–water partition coefficient (Wildman–Crippen LogP) is 2.66. The molecule has 1 saturated carbocycles. The standard InChI is InChI=1S/C14H18N2O5/c1-8(2)21-12-7-10(5-6-11(12)16(19)20)15-13(14(17)18)9-3-4-9/h5-9,13,15H,3-4H2,1-2H3,(H,17,18). The lowest BCUT2D eigenvalue weighted by Crippen LogP contribution is -2.31. The van der Waals surface area contributed by atoms with Crippen molar-refractivity contribution >= 4 is 17.3 Å². The van der Waals surface area contributed by atoms with Gasteiger partial charge in [0.1, 0.15) is 6.04 Å². The highest BCUT2D eigenvalue weighted by molar-refractivity contribution is 5.78. The molecule has 1 fully saturated rings. The van der Waals surface area contributed by atoms with Crippen LogP contribution in [0.1, 0.15) is 26.7 Å². The van der Waals surface area contributed by atoms with Gasteiger partial charge >= 0.3 is 11.7 Å². The maximum atomic E-state index is 11.2. The molecule has 7 nitrogen and oxygen atoms in total. The Hall–Kier alpha value is -2.31. The normalized spacial score (nSPS) is 15.6. The first-order valence-corrected chi connectivity index (χ1v) is 6.83. The van der Waals surface area contributed by atoms with Crippen molar-refractivity contribution in [3.63, 3.8) is 0 Å². The molecule has 2 N–H and O–H groups in total. The number of carboxylic acid groups (broad SMARTS) is 1. The average Bonchev–Trinajstić information content (AvgIpc) is 3.18. The van der Waals surface area contributed by atoms with Gasteiger partial charge in [-0.25, -0.2) is 4.79 Å². The zero-order valence-electron chi connectivity index (χ0n) is 11.9. The Labute approximate surface area is 122 Å². The molecule has 0 radical (unpaired) electrons. The minimum atomic E-state index is -0.915. The van der Waals surface area contributed by atoms with Crippen molar-refractivity contribution < 1.29 is 19.6 Å². The van der Waals surface area contributed by atoms with Gasteiger partial charge in [-0.1, -0.05) is 0 Å². The van der Waals surface area contributed by atoms with Gasteiger partial charge in [-0.2, -0.15) is 0 Å². The van der Waals surface area contributed by atoms with E-state index in [9.17, 15) is 20.0 Å². The number of benzene rings is 1. The molecule has 1 aromatic rings. The molecular formula is C14H18N2O5. The molecule has 1 atom stereocenters. The van der Waals surface area contributed by atoms with E-state index in [1.54, 1.807) is 13.8 Å². The molecule has 1 unspecified atom stereocenters. The first kappa shape index (κ1) is 15.1. The molecule has 0 spiro atoms. The Kier molecular flexibility index (Phi) is 4.30. The average molecular weight is 294 g/mol. The van der Waals surface area contributed by atoms with Crippen molar-refractivity contribution in [2.24, 2.45) is 5.92 Å². The number of anilines is 1. The third-order valence-electron chi connectivity index (χ3n) is 3.20. The summed E-state index contributed by atoms with van der Waals surface area (Å²) in [4.78, 5) is 21.7. The van der Waals surface area contributed by atoms with Gasteiger partial charge in [0.25, 0.3) is 0 Å². The molecule has 0 amide bonds. The van der Waals surface area contributed by atoms with Gasteiger partial charge < -0.3 is 15.2 Å². The second kappa shape index (κ2) is 5.99. The topological polar surface area (TPSA) is 102 Å². The van der Waals surface area contributed by atoms with Gasteiger partial charge in [-0.05, 0) is 38.7 Å². The number of nitrogens with zero attached hydrogens (tertiary/aromatic N) is 1. The number of nitrogens with one attached hydrogen (secondary N) is 1. The smallest absolute Gasteiger partial charge is 0.326 e. The largest absolute Gasteiger partial charge is 0.484 e. The van der Waals surface area contributed by atoms with E-state index in [2.05, 4.69) is 5.32 Å². The van der Waals surface area contributed by atoms with Crippen LogP contribution in [0.25, 0.3) is 0 Å². The van der Waals surface area contributed by atoms with Crippen LogP contribution >= 0.6 is 0 Å². The number of aliphatic carboxylic acids is 1. The molecule has 0 aliphatic heterocycles. The van der Waals surface area contributed by atoms with Crippen LogP contribution in [0.3, 0.4) is 0 Å². The van der Waals surface area contributed by atoms with E-state index in [4.69, 9.17) is 4.74 Å². The SMILES string of the molecule is CC(C)Oc1cc(NC(C(=O)O)C2CC2)ccc1[N+](=O)[O-]. The highest BCUT2D eigenvalue weighted by Crippen LogP contribution is 2.36. The maximum Gasteiger partial charge on any atom is 0.326 e. The molecule has 7 heteroatoms. The fourth-order valence-electron chi connectivity index (χ4n) is 2.09. The summed E-state index contributed by atoms with van der Waals surface area (Å²) in [5, 5.41) is 23.1. The zero-order valence-corrected chi connectivity index (χ0v) is 11.9. The first-order valence-electron chi connectivity index (χ1n) is 6.83. The van der Waals surface area contributed by atoms with Crippen LogP contribution in [0.5, 0.6) is 5.75 Å². The van der Waals surface area contributed by atoms with Crippen molar-refractivity contribution in [3.8, 4) is 5.75 Å². The number of nitro benzene ring substituents is 1. The van der Waals surface area contributed by atoms with Crippen LogP contribution in [0.4, 0.5) is 11.4 Å². The van der Waals surface area contributed by atoms with Crippen molar-refractivity contribution in [1.29, 1.82) is 0 Å². The lowest BCUT2D eigenvalue weighted by atomic mass is 10.1. The number of hydrogen-bond donors (Lipinski definition) is 2. The van der Waals surface area contributed by atoms with Crippen LogP contribution < -0.4 is 10.1 Å². The van der Waals surface area contributed by atoms with Crippen LogP contribution in [0.15, 0.2) is 18.2 Å². The summed E-state index contributed by atoms with van der Waals surface area (Å²) in [6, 6.07) is 3.64. The molecule has 0 bridgehead atoms. The number of nitro groups is 1. The molecule has 0 saturated heterocycles. The van der Waals surface area contributed by atoms with Crippen molar-refractivity contribution in [1.82, 2.24) is 0 Å². The third kappa shape index (κ3) is 3.84. The molecule has 1 aromatic carbocycles. The van der Waals surface area contributed by atoms with E-state index < -0.39 is 16.9 Å². The fourth-order valence-corrected chi connectivity index (χ4v) is 2.09. The van der Waals surface area contributed by atoms with E-state index in [0.717, 1.165) is 12.8 Å². The van der Waals surface area contributed by atoms with Crippen molar-refractivity contribution in [3.05, 3.63) is 28.3 Å². The molecular weight excluding hydrogens is 276 g/mol. The Balaban J connectivity index is 2.23. The molecule has 2 rings (SSSR count). The summed E-state index contributed by atoms with van der Waals surface area (Å²) in [5.41, 5.74) is 0.378.